The fourth-order valence-corrected chi connectivity index (χ4v) is 6.98. The fraction of sp³-hybridized carbons (Fsp3) is 0.0400. The smallest absolute Gasteiger partial charge is 0.0462 e. The molecular weight excluding hydrogens is 615 g/mol. The van der Waals surface area contributed by atoms with Gasteiger partial charge in [-0.15, -0.1) is 0 Å². The van der Waals surface area contributed by atoms with E-state index in [0.717, 1.165) is 23.5 Å². The summed E-state index contributed by atoms with van der Waals surface area (Å²) in [5.41, 5.74) is 14.7. The zero-order chi connectivity index (χ0) is 34.2. The van der Waals surface area contributed by atoms with Gasteiger partial charge in [0.15, 0.2) is 0 Å². The Kier molecular flexibility index (Phi) is 9.35. The third-order valence-corrected chi connectivity index (χ3v) is 9.72. The Labute approximate surface area is 301 Å². The molecule has 0 heterocycles. The lowest BCUT2D eigenvalue weighted by atomic mass is 9.85. The molecule has 244 valence electrons. The van der Waals surface area contributed by atoms with Crippen LogP contribution < -0.4 is 4.90 Å². The Morgan fingerprint density at radius 3 is 0.902 bits per heavy atom. The van der Waals surface area contributed by atoms with Crippen molar-refractivity contribution in [3.8, 4) is 33.4 Å². The molecule has 0 amide bonds. The van der Waals surface area contributed by atoms with Crippen molar-refractivity contribution in [2.24, 2.45) is 0 Å². The topological polar surface area (TPSA) is 3.24 Å². The van der Waals surface area contributed by atoms with E-state index in [4.69, 9.17) is 0 Å². The minimum Gasteiger partial charge on any atom is -0.311 e. The first kappa shape index (κ1) is 31.8. The van der Waals surface area contributed by atoms with Gasteiger partial charge >= 0.3 is 0 Å². The van der Waals surface area contributed by atoms with Crippen molar-refractivity contribution in [3.05, 3.63) is 235 Å². The number of nitrogens with zero attached hydrogens (tertiary/aromatic N) is 1. The molecule has 0 aliphatic rings. The highest BCUT2D eigenvalue weighted by molar-refractivity contribution is 5.79. The highest BCUT2D eigenvalue weighted by atomic mass is 15.1. The number of rotatable bonds is 10. The van der Waals surface area contributed by atoms with Crippen LogP contribution in [0.3, 0.4) is 0 Å². The van der Waals surface area contributed by atoms with Gasteiger partial charge < -0.3 is 4.90 Å². The Hall–Kier alpha value is -6.44. The molecule has 0 aliphatic heterocycles. The van der Waals surface area contributed by atoms with E-state index in [1.165, 1.54) is 50.1 Å². The van der Waals surface area contributed by atoms with Crippen LogP contribution in [-0.2, 0) is 6.42 Å². The molecule has 1 nitrogen and oxygen atoms in total. The Balaban J connectivity index is 0.955. The Bertz CT molecular complexity index is 2180. The molecule has 8 aromatic rings. The van der Waals surface area contributed by atoms with Crippen molar-refractivity contribution in [2.75, 3.05) is 4.90 Å². The molecule has 0 aromatic heterocycles. The molecule has 51 heavy (non-hydrogen) atoms. The minimum absolute atomic E-state index is 0.327. The first-order chi connectivity index (χ1) is 25.3. The predicted molar refractivity (Wildman–Crippen MR) is 216 cm³/mol. The van der Waals surface area contributed by atoms with Gasteiger partial charge in [0.25, 0.3) is 0 Å². The summed E-state index contributed by atoms with van der Waals surface area (Å²) in [6.07, 6.45) is 0.965. The van der Waals surface area contributed by atoms with Crippen molar-refractivity contribution < 1.29 is 0 Å². The van der Waals surface area contributed by atoms with Gasteiger partial charge in [-0.25, -0.2) is 0 Å². The molecule has 0 N–H and O–H groups in total. The number of hydrogen-bond acceptors (Lipinski definition) is 1. The van der Waals surface area contributed by atoms with Gasteiger partial charge in [0.05, 0.1) is 0 Å². The average molecular weight is 654 g/mol. The van der Waals surface area contributed by atoms with Gasteiger partial charge in [-0.05, 0) is 92.9 Å². The molecule has 8 aromatic carbocycles. The van der Waals surface area contributed by atoms with Crippen LogP contribution in [0, 0.1) is 0 Å². The summed E-state index contributed by atoms with van der Waals surface area (Å²) in [5.74, 6) is 0.327. The molecule has 0 fully saturated rings. The number of para-hydroxylation sites is 2. The van der Waals surface area contributed by atoms with Gasteiger partial charge in [-0.2, -0.15) is 0 Å². The summed E-state index contributed by atoms with van der Waals surface area (Å²) in [6.45, 7) is 0. The van der Waals surface area contributed by atoms with Gasteiger partial charge in [0, 0.05) is 23.0 Å². The van der Waals surface area contributed by atoms with E-state index in [1.54, 1.807) is 0 Å². The lowest BCUT2D eigenvalue weighted by Crippen LogP contribution is -2.09. The summed E-state index contributed by atoms with van der Waals surface area (Å²) in [5, 5.41) is 0. The molecule has 0 unspecified atom stereocenters. The average Bonchev–Trinajstić information content (AvgIpc) is 3.22. The van der Waals surface area contributed by atoms with E-state index < -0.39 is 0 Å². The molecule has 0 saturated heterocycles. The summed E-state index contributed by atoms with van der Waals surface area (Å²) < 4.78 is 0. The Morgan fingerprint density at radius 2 is 0.549 bits per heavy atom. The SMILES string of the molecule is c1ccc(C(Cc2ccc(-c3ccc(-c4ccc(-c5ccc(N(c6ccccc6)c6ccccc6)cc5)cc4)cc3)cc2)c2ccccc2)cc1. The second-order valence-corrected chi connectivity index (χ2v) is 13.0. The number of anilines is 3. The lowest BCUT2D eigenvalue weighted by Gasteiger charge is -2.25. The standard InChI is InChI=1S/C50H39N/c1-5-13-45(14-6-1)50(46-15-7-2-8-16-46)37-38-21-23-39(24-22-38)40-25-27-41(28-26-40)42-29-31-43(32-30-42)44-33-35-49(36-34-44)51(47-17-9-3-10-18-47)48-19-11-4-12-20-48/h1-36,50H,37H2. The summed E-state index contributed by atoms with van der Waals surface area (Å²) >= 11 is 0. The van der Waals surface area contributed by atoms with E-state index in [0.29, 0.717) is 5.92 Å². The number of hydrogen-bond donors (Lipinski definition) is 0. The maximum atomic E-state index is 2.29. The molecule has 0 spiro atoms. The normalized spacial score (nSPS) is 11.0. The van der Waals surface area contributed by atoms with E-state index in [2.05, 4.69) is 223 Å². The summed E-state index contributed by atoms with van der Waals surface area (Å²) in [7, 11) is 0. The lowest BCUT2D eigenvalue weighted by molar-refractivity contribution is 0.805. The zero-order valence-corrected chi connectivity index (χ0v) is 28.5. The number of benzene rings is 8. The zero-order valence-electron chi connectivity index (χ0n) is 28.5. The summed E-state index contributed by atoms with van der Waals surface area (Å²) in [4.78, 5) is 2.29. The van der Waals surface area contributed by atoms with Crippen molar-refractivity contribution in [1.82, 2.24) is 0 Å². The molecule has 0 saturated carbocycles. The largest absolute Gasteiger partial charge is 0.311 e. The molecule has 0 bridgehead atoms. The van der Waals surface area contributed by atoms with Crippen LogP contribution in [0.1, 0.15) is 22.6 Å². The van der Waals surface area contributed by atoms with Crippen molar-refractivity contribution in [2.45, 2.75) is 12.3 Å². The maximum Gasteiger partial charge on any atom is 0.0462 e. The van der Waals surface area contributed by atoms with Crippen molar-refractivity contribution >= 4 is 17.1 Å². The van der Waals surface area contributed by atoms with Crippen LogP contribution in [0.15, 0.2) is 218 Å². The van der Waals surface area contributed by atoms with E-state index in [1.807, 2.05) is 0 Å². The summed E-state index contributed by atoms with van der Waals surface area (Å²) in [6, 6.07) is 78.5. The monoisotopic (exact) mass is 653 g/mol. The molecule has 1 heteroatoms. The van der Waals surface area contributed by atoms with E-state index >= 15 is 0 Å². The second kappa shape index (κ2) is 15.0. The predicted octanol–water partition coefficient (Wildman–Crippen LogP) is 13.5. The van der Waals surface area contributed by atoms with Gasteiger partial charge in [-0.3, -0.25) is 0 Å². The Morgan fingerprint density at radius 1 is 0.275 bits per heavy atom. The van der Waals surface area contributed by atoms with Gasteiger partial charge in [-0.1, -0.05) is 182 Å². The second-order valence-electron chi connectivity index (χ2n) is 13.0. The first-order valence-electron chi connectivity index (χ1n) is 17.7. The van der Waals surface area contributed by atoms with E-state index in [-0.39, 0.29) is 0 Å². The molecule has 0 radical (unpaired) electrons. The van der Waals surface area contributed by atoms with E-state index in [9.17, 15) is 0 Å². The quantitative estimate of drug-likeness (QED) is 0.142. The first-order valence-corrected chi connectivity index (χ1v) is 17.7. The van der Waals surface area contributed by atoms with Crippen LogP contribution in [0.4, 0.5) is 17.1 Å². The van der Waals surface area contributed by atoms with Crippen LogP contribution in [0.25, 0.3) is 33.4 Å². The maximum absolute atomic E-state index is 2.29. The fourth-order valence-electron chi connectivity index (χ4n) is 6.98. The third-order valence-electron chi connectivity index (χ3n) is 9.72. The molecule has 0 aliphatic carbocycles. The van der Waals surface area contributed by atoms with Crippen LogP contribution in [-0.4, -0.2) is 0 Å². The van der Waals surface area contributed by atoms with Crippen LogP contribution >= 0.6 is 0 Å². The molecule has 8 rings (SSSR count). The van der Waals surface area contributed by atoms with Crippen LogP contribution in [0.5, 0.6) is 0 Å². The van der Waals surface area contributed by atoms with Gasteiger partial charge in [0.2, 0.25) is 0 Å². The highest BCUT2D eigenvalue weighted by Gasteiger charge is 2.15. The molecular formula is C50H39N. The highest BCUT2D eigenvalue weighted by Crippen LogP contribution is 2.36. The van der Waals surface area contributed by atoms with Crippen LogP contribution in [0.2, 0.25) is 0 Å². The van der Waals surface area contributed by atoms with Crippen molar-refractivity contribution in [3.63, 3.8) is 0 Å². The van der Waals surface area contributed by atoms with Gasteiger partial charge in [0.1, 0.15) is 0 Å². The minimum atomic E-state index is 0.327. The third kappa shape index (κ3) is 7.29. The molecule has 0 atom stereocenters. The van der Waals surface area contributed by atoms with Crippen molar-refractivity contribution in [1.29, 1.82) is 0 Å².